The van der Waals surface area contributed by atoms with Crippen LogP contribution in [0.3, 0.4) is 0 Å². The van der Waals surface area contributed by atoms with Gasteiger partial charge in [-0.15, -0.1) is 11.8 Å². The number of rotatable bonds is 8. The quantitative estimate of drug-likeness (QED) is 0.548. The fraction of sp³-hybridized carbons (Fsp3) is 0.273. The van der Waals surface area contributed by atoms with Crippen LogP contribution < -0.4 is 14.8 Å². The molecule has 1 heterocycles. The first-order chi connectivity index (χ1) is 14.0. The molecule has 1 N–H and O–H groups in total. The summed E-state index contributed by atoms with van der Waals surface area (Å²) in [4.78, 5) is 13.8. The first-order valence-corrected chi connectivity index (χ1v) is 10.1. The number of thioether (sulfide) groups is 1. The zero-order valence-corrected chi connectivity index (χ0v) is 17.8. The molecule has 0 aliphatic heterocycles. The number of ether oxygens (including phenoxy) is 2. The van der Waals surface area contributed by atoms with Crippen molar-refractivity contribution in [3.05, 3.63) is 70.6 Å². The first-order valence-electron chi connectivity index (χ1n) is 9.16. The van der Waals surface area contributed by atoms with Gasteiger partial charge in [-0.1, -0.05) is 17.3 Å². The molecule has 0 saturated carbocycles. The zero-order chi connectivity index (χ0) is 20.8. The van der Waals surface area contributed by atoms with Crippen molar-refractivity contribution in [1.82, 2.24) is 10.5 Å². The van der Waals surface area contributed by atoms with Crippen molar-refractivity contribution in [2.75, 3.05) is 14.2 Å². The number of amides is 1. The molecule has 1 amide bonds. The van der Waals surface area contributed by atoms with E-state index in [4.69, 9.17) is 14.0 Å². The van der Waals surface area contributed by atoms with Crippen LogP contribution in [-0.4, -0.2) is 25.3 Å². The van der Waals surface area contributed by atoms with E-state index in [1.165, 1.54) is 0 Å². The molecule has 3 rings (SSSR count). The monoisotopic (exact) mass is 412 g/mol. The van der Waals surface area contributed by atoms with E-state index in [9.17, 15) is 4.79 Å². The largest absolute Gasteiger partial charge is 0.497 e. The van der Waals surface area contributed by atoms with E-state index in [1.54, 1.807) is 26.0 Å². The van der Waals surface area contributed by atoms with Crippen LogP contribution in [0.25, 0.3) is 0 Å². The highest BCUT2D eigenvalue weighted by atomic mass is 32.2. The molecular weight excluding hydrogens is 388 g/mol. The summed E-state index contributed by atoms with van der Waals surface area (Å²) in [5.74, 6) is 2.77. The molecule has 6 nitrogen and oxygen atoms in total. The summed E-state index contributed by atoms with van der Waals surface area (Å²) in [6.45, 7) is 4.16. The Hall–Kier alpha value is -2.93. The van der Waals surface area contributed by atoms with Crippen LogP contribution in [0.5, 0.6) is 11.5 Å². The maximum atomic E-state index is 12.9. The molecular formula is C22H24N2O4S. The number of carbonyl (C=O) groups excluding carboxylic acids is 1. The second kappa shape index (κ2) is 9.52. The SMILES string of the molecule is COc1ccc(OC)c(CNC(=O)c2ccccc2SCc2c(C)noc2C)c1. The van der Waals surface area contributed by atoms with Gasteiger partial charge >= 0.3 is 0 Å². The lowest BCUT2D eigenvalue weighted by atomic mass is 10.1. The predicted octanol–water partition coefficient (Wildman–Crippen LogP) is 4.53. The lowest BCUT2D eigenvalue weighted by molar-refractivity contribution is 0.0947. The van der Waals surface area contributed by atoms with Gasteiger partial charge in [-0.05, 0) is 44.2 Å². The highest BCUT2D eigenvalue weighted by molar-refractivity contribution is 7.98. The molecule has 29 heavy (non-hydrogen) atoms. The number of aryl methyl sites for hydroxylation is 2. The molecule has 0 fully saturated rings. The van der Waals surface area contributed by atoms with Crippen molar-refractivity contribution in [1.29, 1.82) is 0 Å². The summed E-state index contributed by atoms with van der Waals surface area (Å²) >= 11 is 1.59. The van der Waals surface area contributed by atoms with Gasteiger partial charge in [0.15, 0.2) is 0 Å². The van der Waals surface area contributed by atoms with Gasteiger partial charge in [0.05, 0.1) is 25.5 Å². The summed E-state index contributed by atoms with van der Waals surface area (Å²) in [6.07, 6.45) is 0. The summed E-state index contributed by atoms with van der Waals surface area (Å²) in [7, 11) is 3.21. The minimum Gasteiger partial charge on any atom is -0.497 e. The second-order valence-electron chi connectivity index (χ2n) is 6.45. The Morgan fingerprint density at radius 2 is 1.93 bits per heavy atom. The van der Waals surface area contributed by atoms with Crippen molar-refractivity contribution in [2.24, 2.45) is 0 Å². The standard InChI is InChI=1S/C22H24N2O4S/c1-14-19(15(2)28-24-14)13-29-21-8-6-5-7-18(21)22(25)23-12-16-11-17(26-3)9-10-20(16)27-4/h5-11H,12-13H2,1-4H3,(H,23,25). The number of nitrogens with zero attached hydrogens (tertiary/aromatic N) is 1. The van der Waals surface area contributed by atoms with E-state index in [1.807, 2.05) is 56.3 Å². The Labute approximate surface area is 174 Å². The Balaban J connectivity index is 1.72. The van der Waals surface area contributed by atoms with E-state index in [-0.39, 0.29) is 5.91 Å². The van der Waals surface area contributed by atoms with Crippen LogP contribution in [0.2, 0.25) is 0 Å². The van der Waals surface area contributed by atoms with Crippen LogP contribution in [0.4, 0.5) is 0 Å². The van der Waals surface area contributed by atoms with E-state index in [0.29, 0.717) is 29.4 Å². The Bertz CT molecular complexity index is 981. The molecule has 0 atom stereocenters. The fourth-order valence-corrected chi connectivity index (χ4v) is 4.13. The van der Waals surface area contributed by atoms with Crippen molar-refractivity contribution in [3.63, 3.8) is 0 Å². The number of aromatic nitrogens is 1. The Morgan fingerprint density at radius 1 is 1.14 bits per heavy atom. The molecule has 0 saturated heterocycles. The molecule has 0 radical (unpaired) electrons. The third kappa shape index (κ3) is 4.92. The number of hydrogen-bond donors (Lipinski definition) is 1. The van der Waals surface area contributed by atoms with Crippen molar-refractivity contribution in [3.8, 4) is 11.5 Å². The lowest BCUT2D eigenvalue weighted by Crippen LogP contribution is -2.23. The van der Waals surface area contributed by atoms with E-state index < -0.39 is 0 Å². The molecule has 1 aromatic heterocycles. The van der Waals surface area contributed by atoms with Gasteiger partial charge in [0.25, 0.3) is 5.91 Å². The van der Waals surface area contributed by atoms with Crippen LogP contribution in [0, 0.1) is 13.8 Å². The number of benzene rings is 2. The molecule has 0 aliphatic carbocycles. The molecule has 152 valence electrons. The van der Waals surface area contributed by atoms with Gasteiger partial charge in [-0.25, -0.2) is 0 Å². The van der Waals surface area contributed by atoms with Crippen LogP contribution in [-0.2, 0) is 12.3 Å². The molecule has 2 aromatic carbocycles. The van der Waals surface area contributed by atoms with Crippen LogP contribution >= 0.6 is 11.8 Å². The van der Waals surface area contributed by atoms with E-state index in [2.05, 4.69) is 10.5 Å². The smallest absolute Gasteiger partial charge is 0.252 e. The van der Waals surface area contributed by atoms with Crippen LogP contribution in [0.15, 0.2) is 51.9 Å². The molecule has 0 unspecified atom stereocenters. The van der Waals surface area contributed by atoms with E-state index in [0.717, 1.165) is 27.5 Å². The Morgan fingerprint density at radius 3 is 2.62 bits per heavy atom. The van der Waals surface area contributed by atoms with Gasteiger partial charge in [0.2, 0.25) is 0 Å². The third-order valence-corrected chi connectivity index (χ3v) is 5.71. The highest BCUT2D eigenvalue weighted by Gasteiger charge is 2.15. The predicted molar refractivity (Wildman–Crippen MR) is 113 cm³/mol. The molecule has 0 aliphatic rings. The highest BCUT2D eigenvalue weighted by Crippen LogP contribution is 2.29. The van der Waals surface area contributed by atoms with Gasteiger partial charge in [-0.2, -0.15) is 0 Å². The number of carbonyl (C=O) groups is 1. The second-order valence-corrected chi connectivity index (χ2v) is 7.47. The first kappa shape index (κ1) is 20.8. The Kier molecular flexibility index (Phi) is 6.82. The topological polar surface area (TPSA) is 73.6 Å². The van der Waals surface area contributed by atoms with Crippen molar-refractivity contribution >= 4 is 17.7 Å². The fourth-order valence-electron chi connectivity index (χ4n) is 2.93. The molecule has 7 heteroatoms. The summed E-state index contributed by atoms with van der Waals surface area (Å²) in [5.41, 5.74) is 3.42. The zero-order valence-electron chi connectivity index (χ0n) is 16.9. The minimum absolute atomic E-state index is 0.142. The van der Waals surface area contributed by atoms with Crippen LogP contribution in [0.1, 0.15) is 32.9 Å². The average molecular weight is 413 g/mol. The number of nitrogens with one attached hydrogen (secondary N) is 1. The average Bonchev–Trinajstić information content (AvgIpc) is 3.07. The van der Waals surface area contributed by atoms with Gasteiger partial charge in [-0.3, -0.25) is 4.79 Å². The third-order valence-electron chi connectivity index (χ3n) is 4.61. The van der Waals surface area contributed by atoms with Crippen molar-refractivity contribution in [2.45, 2.75) is 31.0 Å². The summed E-state index contributed by atoms with van der Waals surface area (Å²) in [6, 6.07) is 13.1. The molecule has 0 bridgehead atoms. The number of methoxy groups -OCH3 is 2. The van der Waals surface area contributed by atoms with Gasteiger partial charge in [0.1, 0.15) is 17.3 Å². The molecule has 0 spiro atoms. The van der Waals surface area contributed by atoms with Crippen molar-refractivity contribution < 1.29 is 18.8 Å². The van der Waals surface area contributed by atoms with Gasteiger partial charge < -0.3 is 19.3 Å². The summed E-state index contributed by atoms with van der Waals surface area (Å²) in [5, 5.41) is 6.97. The molecule has 3 aromatic rings. The lowest BCUT2D eigenvalue weighted by Gasteiger charge is -2.13. The maximum Gasteiger partial charge on any atom is 0.252 e. The normalized spacial score (nSPS) is 10.6. The minimum atomic E-state index is -0.142. The maximum absolute atomic E-state index is 12.9. The van der Waals surface area contributed by atoms with E-state index >= 15 is 0 Å². The number of hydrogen-bond acceptors (Lipinski definition) is 6. The van der Waals surface area contributed by atoms with Gasteiger partial charge in [0, 0.05) is 28.3 Å². The summed E-state index contributed by atoms with van der Waals surface area (Å²) < 4.78 is 15.9.